The highest BCUT2D eigenvalue weighted by molar-refractivity contribution is 5.44. The zero-order chi connectivity index (χ0) is 10.3. The van der Waals surface area contributed by atoms with Crippen molar-refractivity contribution in [3.05, 3.63) is 23.4 Å². The molecule has 1 aliphatic carbocycles. The summed E-state index contributed by atoms with van der Waals surface area (Å²) in [6.45, 7) is 4.22. The molecule has 0 saturated heterocycles. The van der Waals surface area contributed by atoms with Crippen molar-refractivity contribution < 1.29 is 0 Å². The fourth-order valence-corrected chi connectivity index (χ4v) is 1.74. The van der Waals surface area contributed by atoms with E-state index in [4.69, 9.17) is 11.5 Å². The minimum atomic E-state index is 0.0369. The van der Waals surface area contributed by atoms with Gasteiger partial charge in [0.2, 0.25) is 0 Å². The highest BCUT2D eigenvalue weighted by Crippen LogP contribution is 2.53. The molecule has 3 nitrogen and oxygen atoms in total. The Morgan fingerprint density at radius 3 is 2.71 bits per heavy atom. The van der Waals surface area contributed by atoms with Crippen LogP contribution in [0.4, 0.5) is 5.82 Å². The molecule has 1 aromatic rings. The van der Waals surface area contributed by atoms with Crippen molar-refractivity contribution in [1.29, 1.82) is 0 Å². The van der Waals surface area contributed by atoms with Gasteiger partial charge in [-0.2, -0.15) is 0 Å². The van der Waals surface area contributed by atoms with Crippen LogP contribution in [0.1, 0.15) is 36.9 Å². The lowest BCUT2D eigenvalue weighted by Gasteiger charge is -2.20. The maximum absolute atomic E-state index is 6.18. The molecule has 0 spiro atoms. The van der Waals surface area contributed by atoms with Crippen LogP contribution in [0.3, 0.4) is 0 Å². The highest BCUT2D eigenvalue weighted by atomic mass is 14.9. The van der Waals surface area contributed by atoms with Crippen LogP contribution in [0, 0.1) is 12.3 Å². The molecule has 1 unspecified atom stereocenters. The zero-order valence-electron chi connectivity index (χ0n) is 8.75. The molecule has 1 saturated carbocycles. The van der Waals surface area contributed by atoms with E-state index in [-0.39, 0.29) is 11.5 Å². The first kappa shape index (κ1) is 9.46. The average molecular weight is 191 g/mol. The molecule has 14 heavy (non-hydrogen) atoms. The van der Waals surface area contributed by atoms with Gasteiger partial charge in [-0.15, -0.1) is 0 Å². The first-order valence-electron chi connectivity index (χ1n) is 5.00. The van der Waals surface area contributed by atoms with Crippen LogP contribution >= 0.6 is 0 Å². The molecule has 0 bridgehead atoms. The van der Waals surface area contributed by atoms with Gasteiger partial charge in [-0.05, 0) is 36.8 Å². The lowest BCUT2D eigenvalue weighted by molar-refractivity contribution is 0.451. The number of nitrogens with zero attached hydrogens (tertiary/aromatic N) is 1. The van der Waals surface area contributed by atoms with E-state index in [1.165, 1.54) is 12.8 Å². The number of anilines is 1. The van der Waals surface area contributed by atoms with Crippen molar-refractivity contribution in [3.8, 4) is 0 Å². The van der Waals surface area contributed by atoms with Gasteiger partial charge in [-0.1, -0.05) is 6.92 Å². The molecular weight excluding hydrogens is 174 g/mol. The van der Waals surface area contributed by atoms with Gasteiger partial charge < -0.3 is 11.5 Å². The predicted molar refractivity (Wildman–Crippen MR) is 57.7 cm³/mol. The number of nitrogen functional groups attached to an aromatic ring is 1. The topological polar surface area (TPSA) is 64.9 Å². The lowest BCUT2D eigenvalue weighted by Crippen LogP contribution is -2.22. The summed E-state index contributed by atoms with van der Waals surface area (Å²) in [5.41, 5.74) is 14.4. The third kappa shape index (κ3) is 1.48. The normalized spacial score (nSPS) is 20.5. The van der Waals surface area contributed by atoms with Crippen molar-refractivity contribution in [2.75, 3.05) is 5.73 Å². The number of aromatic nitrogens is 1. The maximum atomic E-state index is 6.18. The molecule has 1 fully saturated rings. The standard InChI is InChI=1S/C11H17N3/c1-7-5-8(10(13)14-6-7)9(12)11(2)3-4-11/h5-6,9H,3-4,12H2,1-2H3,(H2,13,14). The Labute approximate surface area is 84.5 Å². The second-order valence-corrected chi connectivity index (χ2v) is 4.62. The summed E-state index contributed by atoms with van der Waals surface area (Å²) >= 11 is 0. The van der Waals surface area contributed by atoms with E-state index in [9.17, 15) is 0 Å². The Bertz CT molecular complexity index is 356. The Morgan fingerprint density at radius 2 is 2.14 bits per heavy atom. The minimum absolute atomic E-state index is 0.0369. The highest BCUT2D eigenvalue weighted by Gasteiger charge is 2.44. The van der Waals surface area contributed by atoms with Crippen molar-refractivity contribution in [2.24, 2.45) is 11.1 Å². The van der Waals surface area contributed by atoms with Crippen LogP contribution < -0.4 is 11.5 Å². The molecule has 2 rings (SSSR count). The van der Waals surface area contributed by atoms with Gasteiger partial charge in [0, 0.05) is 17.8 Å². The van der Waals surface area contributed by atoms with Gasteiger partial charge in [0.25, 0.3) is 0 Å². The Balaban J connectivity index is 2.35. The Kier molecular flexibility index (Phi) is 2.00. The fraction of sp³-hybridized carbons (Fsp3) is 0.545. The summed E-state index contributed by atoms with van der Waals surface area (Å²) in [6.07, 6.45) is 4.17. The molecule has 1 aromatic heterocycles. The van der Waals surface area contributed by atoms with E-state index in [1.54, 1.807) is 6.20 Å². The number of nitrogens with two attached hydrogens (primary N) is 2. The second kappa shape index (κ2) is 2.95. The molecule has 1 atom stereocenters. The molecular formula is C11H17N3. The monoisotopic (exact) mass is 191 g/mol. The molecule has 1 heterocycles. The average Bonchev–Trinajstić information content (AvgIpc) is 2.88. The van der Waals surface area contributed by atoms with Crippen LogP contribution in [0.25, 0.3) is 0 Å². The van der Waals surface area contributed by atoms with Crippen LogP contribution in [0.15, 0.2) is 12.3 Å². The zero-order valence-corrected chi connectivity index (χ0v) is 8.75. The molecule has 0 amide bonds. The van der Waals surface area contributed by atoms with Crippen LogP contribution in [0.5, 0.6) is 0 Å². The van der Waals surface area contributed by atoms with Crippen molar-refractivity contribution >= 4 is 5.82 Å². The number of hydrogen-bond donors (Lipinski definition) is 2. The summed E-state index contributed by atoms with van der Waals surface area (Å²) in [4.78, 5) is 4.14. The third-order valence-corrected chi connectivity index (χ3v) is 3.21. The molecule has 76 valence electrons. The summed E-state index contributed by atoms with van der Waals surface area (Å²) in [6, 6.07) is 2.09. The van der Waals surface area contributed by atoms with Crippen molar-refractivity contribution in [1.82, 2.24) is 4.98 Å². The second-order valence-electron chi connectivity index (χ2n) is 4.62. The number of rotatable bonds is 2. The van der Waals surface area contributed by atoms with E-state index < -0.39 is 0 Å². The molecule has 1 aliphatic rings. The summed E-state index contributed by atoms with van der Waals surface area (Å²) in [7, 11) is 0. The maximum Gasteiger partial charge on any atom is 0.128 e. The van der Waals surface area contributed by atoms with E-state index in [2.05, 4.69) is 18.0 Å². The minimum Gasteiger partial charge on any atom is -0.383 e. The van der Waals surface area contributed by atoms with Crippen LogP contribution in [-0.4, -0.2) is 4.98 Å². The van der Waals surface area contributed by atoms with Crippen molar-refractivity contribution in [2.45, 2.75) is 32.7 Å². The van der Waals surface area contributed by atoms with E-state index in [0.29, 0.717) is 5.82 Å². The smallest absolute Gasteiger partial charge is 0.128 e. The molecule has 3 heteroatoms. The molecule has 4 N–H and O–H groups in total. The lowest BCUT2D eigenvalue weighted by atomic mass is 9.92. The Hall–Kier alpha value is -1.09. The molecule has 0 aliphatic heterocycles. The van der Waals surface area contributed by atoms with Gasteiger partial charge in [0.05, 0.1) is 0 Å². The predicted octanol–water partition coefficient (Wildman–Crippen LogP) is 1.77. The van der Waals surface area contributed by atoms with E-state index >= 15 is 0 Å². The summed E-state index contributed by atoms with van der Waals surface area (Å²) in [5.74, 6) is 0.580. The first-order chi connectivity index (χ1) is 6.53. The van der Waals surface area contributed by atoms with Gasteiger partial charge in [0.1, 0.15) is 5.82 Å². The number of pyridine rings is 1. The van der Waals surface area contributed by atoms with Gasteiger partial charge in [-0.25, -0.2) is 4.98 Å². The largest absolute Gasteiger partial charge is 0.383 e. The van der Waals surface area contributed by atoms with Crippen LogP contribution in [-0.2, 0) is 0 Å². The SMILES string of the molecule is Cc1cnc(N)c(C(N)C2(C)CC2)c1. The summed E-state index contributed by atoms with van der Waals surface area (Å²) < 4.78 is 0. The van der Waals surface area contributed by atoms with Gasteiger partial charge >= 0.3 is 0 Å². The van der Waals surface area contributed by atoms with Gasteiger partial charge in [0.15, 0.2) is 0 Å². The van der Waals surface area contributed by atoms with E-state index in [0.717, 1.165) is 11.1 Å². The summed E-state index contributed by atoms with van der Waals surface area (Å²) in [5, 5.41) is 0. The number of aryl methyl sites for hydroxylation is 1. The number of hydrogen-bond acceptors (Lipinski definition) is 3. The fourth-order valence-electron chi connectivity index (χ4n) is 1.74. The van der Waals surface area contributed by atoms with E-state index in [1.807, 2.05) is 6.92 Å². The first-order valence-corrected chi connectivity index (χ1v) is 5.00. The third-order valence-electron chi connectivity index (χ3n) is 3.21. The van der Waals surface area contributed by atoms with Crippen LogP contribution in [0.2, 0.25) is 0 Å². The van der Waals surface area contributed by atoms with Crippen molar-refractivity contribution in [3.63, 3.8) is 0 Å². The van der Waals surface area contributed by atoms with Gasteiger partial charge in [-0.3, -0.25) is 0 Å². The Morgan fingerprint density at radius 1 is 1.50 bits per heavy atom. The molecule has 0 aromatic carbocycles. The quantitative estimate of drug-likeness (QED) is 0.748. The molecule has 0 radical (unpaired) electrons.